The lowest BCUT2D eigenvalue weighted by Crippen LogP contribution is -2.46. The number of nitrogens with one attached hydrogen (secondary N) is 1. The summed E-state index contributed by atoms with van der Waals surface area (Å²) in [5.74, 6) is 0.0997. The second-order valence-corrected chi connectivity index (χ2v) is 6.08. The third-order valence-electron chi connectivity index (χ3n) is 4.24. The van der Waals surface area contributed by atoms with E-state index >= 15 is 0 Å². The summed E-state index contributed by atoms with van der Waals surface area (Å²) >= 11 is 0. The predicted molar refractivity (Wildman–Crippen MR) is 99.8 cm³/mol. The number of carbonyl (C=O) groups excluding carboxylic acids is 2. The molecule has 1 heterocycles. The summed E-state index contributed by atoms with van der Waals surface area (Å²) in [6.07, 6.45) is 0.0164. The molecular weight excluding hydrogens is 350 g/mol. The van der Waals surface area contributed by atoms with Crippen molar-refractivity contribution in [2.24, 2.45) is 0 Å². The molecule has 2 aromatic rings. The fraction of sp³-hybridized carbons (Fsp3) is 0.263. The van der Waals surface area contributed by atoms with Crippen LogP contribution in [0.4, 0.5) is 17.1 Å². The molecule has 0 bridgehead atoms. The molecule has 1 aliphatic rings. The highest BCUT2D eigenvalue weighted by Gasteiger charge is 2.33. The van der Waals surface area contributed by atoms with E-state index in [-0.39, 0.29) is 30.5 Å². The molecule has 0 saturated heterocycles. The van der Waals surface area contributed by atoms with Crippen molar-refractivity contribution in [3.8, 4) is 5.75 Å². The number of rotatable bonds is 6. The normalized spacial score (nSPS) is 15.7. The molecule has 0 radical (unpaired) electrons. The van der Waals surface area contributed by atoms with Gasteiger partial charge in [0.1, 0.15) is 5.75 Å². The Morgan fingerprint density at radius 2 is 2.04 bits per heavy atom. The number of nitrogens with zero attached hydrogens (tertiary/aromatic N) is 2. The van der Waals surface area contributed by atoms with Gasteiger partial charge >= 0.3 is 0 Å². The van der Waals surface area contributed by atoms with Crippen LogP contribution >= 0.6 is 0 Å². The van der Waals surface area contributed by atoms with Crippen molar-refractivity contribution in [1.29, 1.82) is 0 Å². The molecule has 27 heavy (non-hydrogen) atoms. The summed E-state index contributed by atoms with van der Waals surface area (Å²) in [6, 6.07) is 12.9. The van der Waals surface area contributed by atoms with Crippen LogP contribution in [0, 0.1) is 10.1 Å². The molecule has 8 nitrogen and oxygen atoms in total. The van der Waals surface area contributed by atoms with Crippen LogP contribution in [0.2, 0.25) is 0 Å². The maximum Gasteiger partial charge on any atom is 0.271 e. The number of non-ortho nitro benzene ring substituents is 1. The second-order valence-electron chi connectivity index (χ2n) is 6.08. The van der Waals surface area contributed by atoms with Crippen molar-refractivity contribution < 1.29 is 19.2 Å². The number of para-hydroxylation sites is 2. The SMILES string of the molecule is CCC1Oc2ccccc2N(CCC(=O)Nc2cccc([N+](=O)[O-])c2)C1=O. The molecule has 140 valence electrons. The number of ether oxygens (including phenoxy) is 1. The highest BCUT2D eigenvalue weighted by atomic mass is 16.6. The predicted octanol–water partition coefficient (Wildman–Crippen LogP) is 3.13. The molecular formula is C19H19N3O5. The lowest BCUT2D eigenvalue weighted by molar-refractivity contribution is -0.384. The lowest BCUT2D eigenvalue weighted by atomic mass is 10.1. The summed E-state index contributed by atoms with van der Waals surface area (Å²) in [4.78, 5) is 36.7. The molecule has 1 N–H and O–H groups in total. The molecule has 2 aromatic carbocycles. The zero-order chi connectivity index (χ0) is 19.4. The van der Waals surface area contributed by atoms with Crippen LogP contribution in [0.5, 0.6) is 5.75 Å². The molecule has 2 amide bonds. The van der Waals surface area contributed by atoms with E-state index in [1.807, 2.05) is 13.0 Å². The topological polar surface area (TPSA) is 102 Å². The van der Waals surface area contributed by atoms with Crippen LogP contribution in [0.25, 0.3) is 0 Å². The number of amides is 2. The van der Waals surface area contributed by atoms with Gasteiger partial charge in [-0.05, 0) is 24.6 Å². The van der Waals surface area contributed by atoms with Crippen LogP contribution in [-0.2, 0) is 9.59 Å². The highest BCUT2D eigenvalue weighted by Crippen LogP contribution is 2.34. The fourth-order valence-electron chi connectivity index (χ4n) is 2.90. The van der Waals surface area contributed by atoms with E-state index in [1.165, 1.54) is 18.2 Å². The Bertz CT molecular complexity index is 883. The monoisotopic (exact) mass is 369 g/mol. The molecule has 8 heteroatoms. The summed E-state index contributed by atoms with van der Waals surface area (Å²) in [5, 5.41) is 13.4. The first kappa shape index (κ1) is 18.4. The van der Waals surface area contributed by atoms with Gasteiger partial charge in [0.15, 0.2) is 6.10 Å². The largest absolute Gasteiger partial charge is 0.478 e. The van der Waals surface area contributed by atoms with E-state index in [1.54, 1.807) is 29.2 Å². The van der Waals surface area contributed by atoms with Gasteiger partial charge in [-0.3, -0.25) is 19.7 Å². The molecule has 0 spiro atoms. The maximum atomic E-state index is 12.6. The van der Waals surface area contributed by atoms with Gasteiger partial charge in [0.25, 0.3) is 11.6 Å². The zero-order valence-electron chi connectivity index (χ0n) is 14.8. The maximum absolute atomic E-state index is 12.6. The summed E-state index contributed by atoms with van der Waals surface area (Å²) in [7, 11) is 0. The number of hydrogen-bond acceptors (Lipinski definition) is 5. The number of nitro benzene ring substituents is 1. The minimum atomic E-state index is -0.570. The van der Waals surface area contributed by atoms with Gasteiger partial charge in [0, 0.05) is 30.8 Å². The Kier molecular flexibility index (Phi) is 5.35. The number of benzene rings is 2. The summed E-state index contributed by atoms with van der Waals surface area (Å²) in [6.45, 7) is 2.06. The minimum Gasteiger partial charge on any atom is -0.478 e. The van der Waals surface area contributed by atoms with Crippen molar-refractivity contribution in [1.82, 2.24) is 0 Å². The first-order valence-corrected chi connectivity index (χ1v) is 8.61. The first-order valence-electron chi connectivity index (χ1n) is 8.61. The van der Waals surface area contributed by atoms with Crippen molar-refractivity contribution in [3.05, 3.63) is 58.6 Å². The molecule has 1 atom stereocenters. The van der Waals surface area contributed by atoms with Gasteiger partial charge in [0.05, 0.1) is 10.6 Å². The minimum absolute atomic E-state index is 0.0548. The molecule has 1 unspecified atom stereocenters. The van der Waals surface area contributed by atoms with Crippen molar-refractivity contribution in [3.63, 3.8) is 0 Å². The van der Waals surface area contributed by atoms with E-state index in [0.717, 1.165) is 0 Å². The van der Waals surface area contributed by atoms with Crippen LogP contribution in [0.3, 0.4) is 0 Å². The average molecular weight is 369 g/mol. The average Bonchev–Trinajstić information content (AvgIpc) is 2.67. The fourth-order valence-corrected chi connectivity index (χ4v) is 2.90. The standard InChI is InChI=1S/C19H19N3O5/c1-2-16-19(24)21(15-8-3-4-9-17(15)27-16)11-10-18(23)20-13-6-5-7-14(12-13)22(25)26/h3-9,12,16H,2,10-11H2,1H3,(H,20,23). The van der Waals surface area contributed by atoms with Crippen LogP contribution in [0.1, 0.15) is 19.8 Å². The quantitative estimate of drug-likeness (QED) is 0.623. The molecule has 0 aromatic heterocycles. The van der Waals surface area contributed by atoms with Gasteiger partial charge < -0.3 is 15.0 Å². The molecule has 3 rings (SSSR count). The highest BCUT2D eigenvalue weighted by molar-refractivity contribution is 6.01. The number of hydrogen-bond donors (Lipinski definition) is 1. The lowest BCUT2D eigenvalue weighted by Gasteiger charge is -2.33. The Morgan fingerprint density at radius 1 is 1.26 bits per heavy atom. The van der Waals surface area contributed by atoms with Gasteiger partial charge in [-0.2, -0.15) is 0 Å². The number of nitro groups is 1. The molecule has 0 fully saturated rings. The Morgan fingerprint density at radius 3 is 2.78 bits per heavy atom. The molecule has 0 saturated carbocycles. The van der Waals surface area contributed by atoms with E-state index in [9.17, 15) is 19.7 Å². The number of fused-ring (bicyclic) bond motifs is 1. The van der Waals surface area contributed by atoms with Crippen LogP contribution < -0.4 is 15.0 Å². The Labute approximate surface area is 155 Å². The van der Waals surface area contributed by atoms with Crippen molar-refractivity contribution >= 4 is 28.9 Å². The van der Waals surface area contributed by atoms with Gasteiger partial charge in [0.2, 0.25) is 5.91 Å². The van der Waals surface area contributed by atoms with E-state index in [2.05, 4.69) is 5.32 Å². The van der Waals surface area contributed by atoms with Crippen LogP contribution in [0.15, 0.2) is 48.5 Å². The molecule has 1 aliphatic heterocycles. The summed E-state index contributed by atoms with van der Waals surface area (Å²) < 4.78 is 5.71. The second kappa shape index (κ2) is 7.86. The third kappa shape index (κ3) is 4.05. The van der Waals surface area contributed by atoms with Gasteiger partial charge in [-0.15, -0.1) is 0 Å². The van der Waals surface area contributed by atoms with E-state index in [0.29, 0.717) is 23.5 Å². The van der Waals surface area contributed by atoms with Crippen molar-refractivity contribution in [2.75, 3.05) is 16.8 Å². The van der Waals surface area contributed by atoms with E-state index in [4.69, 9.17) is 4.74 Å². The Hall–Kier alpha value is -3.42. The van der Waals surface area contributed by atoms with Crippen LogP contribution in [-0.4, -0.2) is 29.4 Å². The first-order chi connectivity index (χ1) is 13.0. The number of anilines is 2. The Balaban J connectivity index is 1.68. The van der Waals surface area contributed by atoms with Crippen molar-refractivity contribution in [2.45, 2.75) is 25.9 Å². The zero-order valence-corrected chi connectivity index (χ0v) is 14.8. The van der Waals surface area contributed by atoms with Gasteiger partial charge in [-0.1, -0.05) is 25.1 Å². The molecule has 0 aliphatic carbocycles. The van der Waals surface area contributed by atoms with E-state index < -0.39 is 11.0 Å². The number of carbonyl (C=O) groups is 2. The smallest absolute Gasteiger partial charge is 0.271 e. The third-order valence-corrected chi connectivity index (χ3v) is 4.24. The van der Waals surface area contributed by atoms with Gasteiger partial charge in [-0.25, -0.2) is 0 Å². The summed E-state index contributed by atoms with van der Waals surface area (Å²) in [5.41, 5.74) is 0.876.